The molecule has 0 amide bonds. The summed E-state index contributed by atoms with van der Waals surface area (Å²) in [6.45, 7) is 0.303. The Labute approximate surface area is 150 Å². The Morgan fingerprint density at radius 1 is 1.04 bits per heavy atom. The summed E-state index contributed by atoms with van der Waals surface area (Å²) in [5.41, 5.74) is 3.79. The minimum absolute atomic E-state index is 0.303. The van der Waals surface area contributed by atoms with Gasteiger partial charge in [-0.1, -0.05) is 30.3 Å². The molecule has 2 aromatic carbocycles. The molecule has 0 saturated heterocycles. The number of carbonyl (C=O) groups is 2. The molecule has 0 spiro atoms. The van der Waals surface area contributed by atoms with Gasteiger partial charge in [0.05, 0.1) is 17.7 Å². The van der Waals surface area contributed by atoms with Gasteiger partial charge in [-0.15, -0.1) is 0 Å². The van der Waals surface area contributed by atoms with Crippen LogP contribution in [0.25, 0.3) is 16.5 Å². The molecular weight excluding hydrogens is 328 g/mol. The van der Waals surface area contributed by atoms with Crippen LogP contribution in [-0.2, 0) is 11.3 Å². The molecule has 1 N–H and O–H groups in total. The Hall–Kier alpha value is -3.31. The molecule has 1 atom stereocenters. The molecule has 2 heterocycles. The van der Waals surface area contributed by atoms with E-state index in [0.717, 1.165) is 34.7 Å². The Morgan fingerprint density at radius 2 is 1.81 bits per heavy atom. The van der Waals surface area contributed by atoms with E-state index in [9.17, 15) is 14.7 Å². The maximum absolute atomic E-state index is 11.3. The Balaban J connectivity index is 1.67. The van der Waals surface area contributed by atoms with Crippen LogP contribution >= 0.6 is 0 Å². The first-order chi connectivity index (χ1) is 12.7. The SMILES string of the molecule is O=CC1=C[N+](=CC(O)Cn2cc(C=O)c3ccccc32)c2ccccc21. The number of allylic oxidation sites excluding steroid dienone is 1. The molecule has 0 aliphatic carbocycles. The lowest BCUT2D eigenvalue weighted by Crippen LogP contribution is -2.20. The molecule has 4 rings (SSSR count). The molecule has 5 heteroatoms. The summed E-state index contributed by atoms with van der Waals surface area (Å²) in [6.07, 6.45) is 5.98. The summed E-state index contributed by atoms with van der Waals surface area (Å²) in [6, 6.07) is 15.2. The highest BCUT2D eigenvalue weighted by Crippen LogP contribution is 2.31. The van der Waals surface area contributed by atoms with Crippen LogP contribution in [0.3, 0.4) is 0 Å². The number of carbonyl (C=O) groups excluding carboxylic acids is 2. The number of rotatable bonds is 5. The van der Waals surface area contributed by atoms with E-state index < -0.39 is 6.10 Å². The van der Waals surface area contributed by atoms with Crippen molar-refractivity contribution in [3.05, 3.63) is 72.1 Å². The molecule has 0 saturated carbocycles. The van der Waals surface area contributed by atoms with Crippen LogP contribution in [-0.4, -0.2) is 39.1 Å². The van der Waals surface area contributed by atoms with Crippen molar-refractivity contribution in [1.29, 1.82) is 0 Å². The van der Waals surface area contributed by atoms with Gasteiger partial charge in [0.2, 0.25) is 5.69 Å². The summed E-state index contributed by atoms with van der Waals surface area (Å²) in [5, 5.41) is 11.4. The zero-order valence-corrected chi connectivity index (χ0v) is 13.9. The van der Waals surface area contributed by atoms with Gasteiger partial charge in [-0.3, -0.25) is 9.59 Å². The number of aliphatic hydroxyl groups is 1. The predicted molar refractivity (Wildman–Crippen MR) is 99.8 cm³/mol. The fourth-order valence-electron chi connectivity index (χ4n) is 3.40. The van der Waals surface area contributed by atoms with Crippen LogP contribution in [0.1, 0.15) is 15.9 Å². The van der Waals surface area contributed by atoms with Crippen LogP contribution < -0.4 is 0 Å². The van der Waals surface area contributed by atoms with Crippen molar-refractivity contribution in [2.45, 2.75) is 12.6 Å². The number of fused-ring (bicyclic) bond motifs is 2. The van der Waals surface area contributed by atoms with E-state index in [-0.39, 0.29) is 0 Å². The summed E-state index contributed by atoms with van der Waals surface area (Å²) in [7, 11) is 0. The summed E-state index contributed by atoms with van der Waals surface area (Å²) < 4.78 is 3.64. The Morgan fingerprint density at radius 3 is 2.62 bits per heavy atom. The number of hydrogen-bond donors (Lipinski definition) is 1. The molecule has 0 bridgehead atoms. The number of aliphatic hydroxyl groups excluding tert-OH is 1. The molecule has 26 heavy (non-hydrogen) atoms. The number of nitrogens with zero attached hydrogens (tertiary/aromatic N) is 2. The van der Waals surface area contributed by atoms with Crippen molar-refractivity contribution in [2.75, 3.05) is 0 Å². The van der Waals surface area contributed by atoms with Crippen LogP contribution in [0.15, 0.2) is 60.9 Å². The van der Waals surface area contributed by atoms with Crippen molar-refractivity contribution in [3.8, 4) is 0 Å². The van der Waals surface area contributed by atoms with Gasteiger partial charge in [0.15, 0.2) is 25.0 Å². The molecule has 1 aromatic heterocycles. The van der Waals surface area contributed by atoms with E-state index in [0.29, 0.717) is 17.7 Å². The zero-order chi connectivity index (χ0) is 18.1. The smallest absolute Gasteiger partial charge is 0.218 e. The first-order valence-corrected chi connectivity index (χ1v) is 8.32. The van der Waals surface area contributed by atoms with Gasteiger partial charge in [-0.2, -0.15) is 4.58 Å². The summed E-state index contributed by atoms with van der Waals surface area (Å²) >= 11 is 0. The molecule has 1 aliphatic heterocycles. The van der Waals surface area contributed by atoms with Gasteiger partial charge >= 0.3 is 0 Å². The third-order valence-corrected chi connectivity index (χ3v) is 4.56. The van der Waals surface area contributed by atoms with E-state index >= 15 is 0 Å². The highest BCUT2D eigenvalue weighted by molar-refractivity contribution is 6.09. The number of para-hydroxylation sites is 2. The molecule has 5 nitrogen and oxygen atoms in total. The second-order valence-corrected chi connectivity index (χ2v) is 6.21. The van der Waals surface area contributed by atoms with Gasteiger partial charge in [0, 0.05) is 28.7 Å². The average Bonchev–Trinajstić information content (AvgIpc) is 3.20. The maximum Gasteiger partial charge on any atom is 0.218 e. The Bertz CT molecular complexity index is 1080. The first kappa shape index (κ1) is 16.2. The molecular formula is C21H17N2O3+. The minimum Gasteiger partial charge on any atom is -0.381 e. The zero-order valence-electron chi connectivity index (χ0n) is 13.9. The lowest BCUT2D eigenvalue weighted by molar-refractivity contribution is -0.353. The number of benzene rings is 2. The molecule has 1 unspecified atom stereocenters. The average molecular weight is 345 g/mol. The van der Waals surface area contributed by atoms with Gasteiger partial charge in [0.1, 0.15) is 6.10 Å². The van der Waals surface area contributed by atoms with Crippen LogP contribution in [0.2, 0.25) is 0 Å². The highest BCUT2D eigenvalue weighted by Gasteiger charge is 2.26. The van der Waals surface area contributed by atoms with Crippen molar-refractivity contribution in [3.63, 3.8) is 0 Å². The third-order valence-electron chi connectivity index (χ3n) is 4.56. The lowest BCUT2D eigenvalue weighted by atomic mass is 10.1. The van der Waals surface area contributed by atoms with Crippen molar-refractivity contribution in [2.24, 2.45) is 0 Å². The van der Waals surface area contributed by atoms with Crippen LogP contribution in [0, 0.1) is 0 Å². The maximum atomic E-state index is 11.3. The number of aromatic nitrogens is 1. The molecule has 128 valence electrons. The van der Waals surface area contributed by atoms with Gasteiger partial charge in [-0.05, 0) is 12.1 Å². The van der Waals surface area contributed by atoms with E-state index in [1.807, 2.05) is 53.1 Å². The standard InChI is InChI=1S/C21H17N2O3/c24-13-15-9-22(20-7-3-1-5-18(15)20)11-17(26)12-23-10-16(14-25)19-6-2-4-8-21(19)23/h1-11,13-14,17,26H,12H2/q+1. The van der Waals surface area contributed by atoms with E-state index in [4.69, 9.17) is 0 Å². The first-order valence-electron chi connectivity index (χ1n) is 8.32. The largest absolute Gasteiger partial charge is 0.381 e. The number of aldehydes is 2. The van der Waals surface area contributed by atoms with E-state index in [1.54, 1.807) is 23.2 Å². The minimum atomic E-state index is -0.791. The van der Waals surface area contributed by atoms with E-state index in [1.165, 1.54) is 0 Å². The predicted octanol–water partition coefficient (Wildman–Crippen LogP) is 2.78. The topological polar surface area (TPSA) is 62.3 Å². The molecule has 1 aliphatic rings. The van der Waals surface area contributed by atoms with Crippen molar-refractivity contribution < 1.29 is 19.3 Å². The summed E-state index contributed by atoms with van der Waals surface area (Å²) in [4.78, 5) is 22.5. The molecule has 0 radical (unpaired) electrons. The van der Waals surface area contributed by atoms with Crippen LogP contribution in [0.5, 0.6) is 0 Å². The number of hydrogen-bond acceptors (Lipinski definition) is 3. The normalized spacial score (nSPS) is 15.7. The van der Waals surface area contributed by atoms with Gasteiger partial charge in [0.25, 0.3) is 0 Å². The Kier molecular flexibility index (Phi) is 4.07. The summed E-state index contributed by atoms with van der Waals surface area (Å²) in [5.74, 6) is 0. The lowest BCUT2D eigenvalue weighted by Gasteiger charge is -2.07. The fourth-order valence-corrected chi connectivity index (χ4v) is 3.40. The van der Waals surface area contributed by atoms with Gasteiger partial charge in [-0.25, -0.2) is 0 Å². The fraction of sp³-hybridized carbons (Fsp3) is 0.0952. The van der Waals surface area contributed by atoms with Crippen LogP contribution in [0.4, 0.5) is 5.69 Å². The van der Waals surface area contributed by atoms with Crippen molar-refractivity contribution >= 4 is 41.0 Å². The van der Waals surface area contributed by atoms with E-state index in [2.05, 4.69) is 0 Å². The van der Waals surface area contributed by atoms with Gasteiger partial charge < -0.3 is 9.67 Å². The second-order valence-electron chi connectivity index (χ2n) is 6.21. The second kappa shape index (κ2) is 6.54. The van der Waals surface area contributed by atoms with Crippen molar-refractivity contribution in [1.82, 2.24) is 4.57 Å². The highest BCUT2D eigenvalue weighted by atomic mass is 16.3. The monoisotopic (exact) mass is 345 g/mol. The third kappa shape index (κ3) is 2.68. The molecule has 3 aromatic rings. The molecule has 0 fully saturated rings. The quantitative estimate of drug-likeness (QED) is 0.571.